The molecule has 0 radical (unpaired) electrons. The maximum Gasteiger partial charge on any atom is 0.0930 e. The number of rotatable bonds is 0. The van der Waals surface area contributed by atoms with Crippen LogP contribution in [0.4, 0.5) is 0 Å². The van der Waals surface area contributed by atoms with Crippen LogP contribution in [0.3, 0.4) is 0 Å². The molecule has 0 bridgehead atoms. The largest absolute Gasteiger partial charge is 0.282 e. The maximum absolute atomic E-state index is 3.92. The summed E-state index contributed by atoms with van der Waals surface area (Å²) in [4.78, 5) is 3.92. The zero-order chi connectivity index (χ0) is 2.57. The van der Waals surface area contributed by atoms with E-state index in [1.807, 2.05) is 0 Å². The van der Waals surface area contributed by atoms with Gasteiger partial charge in [-0.25, -0.2) is 0 Å². The molecule has 2 rings (SSSR count). The molecule has 1 atom stereocenters. The van der Waals surface area contributed by atoms with Crippen molar-refractivity contribution in [2.45, 2.75) is 12.5 Å². The SMILES string of the molecule is C1C2=N[C@H]12. The summed E-state index contributed by atoms with van der Waals surface area (Å²) >= 11 is 0. The monoisotopic (exact) mass is 53.0 g/mol. The van der Waals surface area contributed by atoms with E-state index in [9.17, 15) is 0 Å². The van der Waals surface area contributed by atoms with Gasteiger partial charge in [-0.1, -0.05) is 0 Å². The van der Waals surface area contributed by atoms with Gasteiger partial charge in [0, 0.05) is 12.1 Å². The average Bonchev–Trinajstić information content (AvgIpc) is 1.36. The third kappa shape index (κ3) is 0.0127. The first-order chi connectivity index (χ1) is 1.97. The fraction of sp³-hybridized carbons (Fsp3) is 0.667. The van der Waals surface area contributed by atoms with Crippen LogP contribution in [0.15, 0.2) is 4.99 Å². The van der Waals surface area contributed by atoms with E-state index in [4.69, 9.17) is 0 Å². The number of nitrogens with zero attached hydrogens (tertiary/aromatic N) is 1. The molecule has 1 aliphatic carbocycles. The zero-order valence-corrected chi connectivity index (χ0v) is 2.23. The first-order valence-corrected chi connectivity index (χ1v) is 1.53. The van der Waals surface area contributed by atoms with Crippen LogP contribution in [0.1, 0.15) is 6.42 Å². The Morgan fingerprint density at radius 3 is 2.25 bits per heavy atom. The molecule has 2 aliphatic rings. The third-order valence-electron chi connectivity index (χ3n) is 0.881. The topological polar surface area (TPSA) is 12.4 Å². The highest BCUT2D eigenvalue weighted by Gasteiger charge is 2.43. The van der Waals surface area contributed by atoms with Crippen molar-refractivity contribution in [3.05, 3.63) is 0 Å². The van der Waals surface area contributed by atoms with E-state index in [1.54, 1.807) is 0 Å². The molecule has 0 aromatic carbocycles. The summed E-state index contributed by atoms with van der Waals surface area (Å²) in [5.74, 6) is 0. The molecule has 0 saturated heterocycles. The molecule has 0 unspecified atom stereocenters. The summed E-state index contributed by atoms with van der Waals surface area (Å²) < 4.78 is 0. The van der Waals surface area contributed by atoms with Gasteiger partial charge >= 0.3 is 0 Å². The normalized spacial score (nSPS) is 46.0. The molecule has 1 aliphatic heterocycles. The Bertz CT molecular complexity index is 83.3. The Hall–Kier alpha value is -0.330. The molecule has 4 heavy (non-hydrogen) atoms. The van der Waals surface area contributed by atoms with Crippen molar-refractivity contribution >= 4 is 5.71 Å². The lowest BCUT2D eigenvalue weighted by Gasteiger charge is -1.50. The lowest BCUT2D eigenvalue weighted by Crippen LogP contribution is -1.45. The molecular formula is C3H3N. The van der Waals surface area contributed by atoms with Crippen LogP contribution >= 0.6 is 0 Å². The molecule has 1 saturated carbocycles. The second kappa shape index (κ2) is 0.127. The van der Waals surface area contributed by atoms with Gasteiger partial charge in [-0.05, 0) is 0 Å². The molecule has 1 heterocycles. The Morgan fingerprint density at radius 2 is 2.25 bits per heavy atom. The van der Waals surface area contributed by atoms with Crippen molar-refractivity contribution in [3.63, 3.8) is 0 Å². The Morgan fingerprint density at radius 1 is 2.00 bits per heavy atom. The molecular weight excluding hydrogens is 50.0 g/mol. The lowest BCUT2D eigenvalue weighted by atomic mass is 10.8. The van der Waals surface area contributed by atoms with Crippen molar-refractivity contribution in [1.82, 2.24) is 0 Å². The minimum Gasteiger partial charge on any atom is -0.282 e. The van der Waals surface area contributed by atoms with Crippen LogP contribution < -0.4 is 0 Å². The van der Waals surface area contributed by atoms with E-state index in [-0.39, 0.29) is 0 Å². The van der Waals surface area contributed by atoms with Gasteiger partial charge in [0.15, 0.2) is 0 Å². The van der Waals surface area contributed by atoms with E-state index >= 15 is 0 Å². The van der Waals surface area contributed by atoms with E-state index in [0.29, 0.717) is 0 Å². The molecule has 1 fully saturated rings. The fourth-order valence-corrected chi connectivity index (χ4v) is 0.288. The van der Waals surface area contributed by atoms with E-state index in [0.717, 1.165) is 6.04 Å². The van der Waals surface area contributed by atoms with Crippen LogP contribution in [0.25, 0.3) is 0 Å². The number of hydrogen-bond donors (Lipinski definition) is 0. The second-order valence-corrected chi connectivity index (χ2v) is 1.34. The fourth-order valence-electron chi connectivity index (χ4n) is 0.288. The highest BCUT2D eigenvalue weighted by atomic mass is 15.1. The van der Waals surface area contributed by atoms with Gasteiger partial charge in [-0.2, -0.15) is 0 Å². The predicted molar refractivity (Wildman–Crippen MR) is 15.8 cm³/mol. The summed E-state index contributed by atoms with van der Waals surface area (Å²) in [6.45, 7) is 0. The first-order valence-electron chi connectivity index (χ1n) is 1.53. The van der Waals surface area contributed by atoms with E-state index < -0.39 is 0 Å². The Kier molecular flexibility index (Phi) is 0.0380. The maximum atomic E-state index is 3.92. The summed E-state index contributed by atoms with van der Waals surface area (Å²) in [5.41, 5.74) is 1.46. The molecule has 0 aromatic heterocycles. The van der Waals surface area contributed by atoms with E-state index in [2.05, 4.69) is 4.99 Å². The summed E-state index contributed by atoms with van der Waals surface area (Å²) in [6, 6.07) is 0.792. The standard InChI is InChI=1S/C3H3N/c1-2-3(1)4-2/h2H,1H2/t2-/m1/s1. The molecule has 0 aromatic rings. The summed E-state index contributed by atoms with van der Waals surface area (Å²) in [7, 11) is 0. The number of hydrogen-bond acceptors (Lipinski definition) is 1. The van der Waals surface area contributed by atoms with Gasteiger partial charge in [0.05, 0.1) is 6.04 Å². The average molecular weight is 53.1 g/mol. The lowest BCUT2D eigenvalue weighted by molar-refractivity contribution is 1.16. The smallest absolute Gasteiger partial charge is 0.0930 e. The molecule has 20 valence electrons. The predicted octanol–water partition coefficient (Wildman–Crippen LogP) is 0.213. The van der Waals surface area contributed by atoms with Gasteiger partial charge in [0.2, 0.25) is 0 Å². The van der Waals surface area contributed by atoms with Gasteiger partial charge in [-0.15, -0.1) is 0 Å². The third-order valence-corrected chi connectivity index (χ3v) is 0.881. The minimum absolute atomic E-state index is 0.792. The quantitative estimate of drug-likeness (QED) is 0.374. The summed E-state index contributed by atoms with van der Waals surface area (Å²) in [5, 5.41) is 0. The van der Waals surface area contributed by atoms with Crippen LogP contribution in [-0.2, 0) is 0 Å². The van der Waals surface area contributed by atoms with Crippen molar-refractivity contribution in [2.75, 3.05) is 0 Å². The van der Waals surface area contributed by atoms with E-state index in [1.165, 1.54) is 12.1 Å². The van der Waals surface area contributed by atoms with Gasteiger partial charge in [-0.3, -0.25) is 4.99 Å². The van der Waals surface area contributed by atoms with Crippen LogP contribution in [-0.4, -0.2) is 11.8 Å². The molecule has 1 heteroatoms. The summed E-state index contributed by atoms with van der Waals surface area (Å²) in [6.07, 6.45) is 1.33. The molecule has 0 N–H and O–H groups in total. The number of fused-ring (bicyclic) bond motifs is 1. The Labute approximate surface area is 24.4 Å². The molecule has 1 nitrogen and oxygen atoms in total. The first kappa shape index (κ1) is 1.20. The second-order valence-electron chi connectivity index (χ2n) is 1.34. The van der Waals surface area contributed by atoms with Gasteiger partial charge in [0.25, 0.3) is 0 Å². The highest BCUT2D eigenvalue weighted by molar-refractivity contribution is 6.16. The van der Waals surface area contributed by atoms with Crippen molar-refractivity contribution in [1.29, 1.82) is 0 Å². The van der Waals surface area contributed by atoms with Crippen molar-refractivity contribution in [2.24, 2.45) is 4.99 Å². The van der Waals surface area contributed by atoms with Gasteiger partial charge < -0.3 is 0 Å². The number of aliphatic imine (C=N–C) groups is 1. The highest BCUT2D eigenvalue weighted by Crippen LogP contribution is 2.35. The Balaban J connectivity index is 2.85. The van der Waals surface area contributed by atoms with Crippen LogP contribution in [0.2, 0.25) is 0 Å². The molecule has 0 amide bonds. The molecule has 0 spiro atoms. The van der Waals surface area contributed by atoms with Crippen molar-refractivity contribution < 1.29 is 0 Å². The van der Waals surface area contributed by atoms with Crippen molar-refractivity contribution in [3.8, 4) is 0 Å². The van der Waals surface area contributed by atoms with Crippen LogP contribution in [0, 0.1) is 0 Å². The van der Waals surface area contributed by atoms with Gasteiger partial charge in [0.1, 0.15) is 0 Å². The minimum atomic E-state index is 0.792. The van der Waals surface area contributed by atoms with Crippen LogP contribution in [0.5, 0.6) is 0 Å². The zero-order valence-electron chi connectivity index (χ0n) is 2.23.